The molecule has 126 valence electrons. The van der Waals surface area contributed by atoms with E-state index in [4.69, 9.17) is 9.47 Å². The second kappa shape index (κ2) is 6.95. The van der Waals surface area contributed by atoms with Crippen molar-refractivity contribution in [3.8, 4) is 11.5 Å². The monoisotopic (exact) mass is 325 g/mol. The van der Waals surface area contributed by atoms with Crippen molar-refractivity contribution < 1.29 is 14.3 Å². The lowest BCUT2D eigenvalue weighted by Gasteiger charge is -2.09. The van der Waals surface area contributed by atoms with Gasteiger partial charge >= 0.3 is 0 Å². The van der Waals surface area contributed by atoms with Gasteiger partial charge in [0.2, 0.25) is 0 Å². The summed E-state index contributed by atoms with van der Waals surface area (Å²) in [6.45, 7) is 4.59. The van der Waals surface area contributed by atoms with E-state index in [0.717, 1.165) is 23.5 Å². The highest BCUT2D eigenvalue weighted by molar-refractivity contribution is 5.95. The van der Waals surface area contributed by atoms with Crippen molar-refractivity contribution >= 4 is 5.91 Å². The summed E-state index contributed by atoms with van der Waals surface area (Å²) in [5.41, 5.74) is 2.87. The Balaban J connectivity index is 1.64. The molecule has 1 aliphatic rings. The summed E-state index contributed by atoms with van der Waals surface area (Å²) in [6, 6.07) is 13.8. The fraction of sp³-hybridized carbons (Fsp3) is 0.350. The largest absolute Gasteiger partial charge is 0.496 e. The van der Waals surface area contributed by atoms with Crippen molar-refractivity contribution in [2.75, 3.05) is 13.7 Å². The number of hydrogen-bond donors (Lipinski definition) is 1. The van der Waals surface area contributed by atoms with E-state index in [1.807, 2.05) is 38.1 Å². The SMILES string of the molecule is CCOc1cccc(C2C[C@H]2NC(=O)c2ccc(C)c(OC)c2)c1. The predicted octanol–water partition coefficient (Wildman–Crippen LogP) is 3.69. The first-order valence-electron chi connectivity index (χ1n) is 8.30. The van der Waals surface area contributed by atoms with Gasteiger partial charge in [-0.1, -0.05) is 18.2 Å². The van der Waals surface area contributed by atoms with Crippen molar-refractivity contribution in [2.24, 2.45) is 0 Å². The Morgan fingerprint density at radius 3 is 2.83 bits per heavy atom. The molecular weight excluding hydrogens is 302 g/mol. The smallest absolute Gasteiger partial charge is 0.251 e. The van der Waals surface area contributed by atoms with Gasteiger partial charge in [-0.25, -0.2) is 0 Å². The zero-order valence-corrected chi connectivity index (χ0v) is 14.3. The molecule has 4 nitrogen and oxygen atoms in total. The van der Waals surface area contributed by atoms with E-state index in [0.29, 0.717) is 18.1 Å². The van der Waals surface area contributed by atoms with Gasteiger partial charge in [0, 0.05) is 17.5 Å². The molecule has 0 bridgehead atoms. The van der Waals surface area contributed by atoms with Crippen LogP contribution < -0.4 is 14.8 Å². The van der Waals surface area contributed by atoms with Gasteiger partial charge in [-0.2, -0.15) is 0 Å². The number of hydrogen-bond acceptors (Lipinski definition) is 3. The minimum Gasteiger partial charge on any atom is -0.496 e. The molecule has 2 atom stereocenters. The van der Waals surface area contributed by atoms with Crippen LogP contribution in [-0.2, 0) is 0 Å². The molecule has 24 heavy (non-hydrogen) atoms. The fourth-order valence-electron chi connectivity index (χ4n) is 2.94. The van der Waals surface area contributed by atoms with Crippen LogP contribution in [0.25, 0.3) is 0 Å². The predicted molar refractivity (Wildman–Crippen MR) is 94.0 cm³/mol. The maximum absolute atomic E-state index is 12.4. The molecule has 0 aromatic heterocycles. The molecule has 1 amide bonds. The number of amides is 1. The Morgan fingerprint density at radius 2 is 2.08 bits per heavy atom. The molecule has 0 radical (unpaired) electrons. The van der Waals surface area contributed by atoms with Gasteiger partial charge in [-0.05, 0) is 55.7 Å². The average Bonchev–Trinajstić information content (AvgIpc) is 3.35. The van der Waals surface area contributed by atoms with Crippen molar-refractivity contribution in [1.29, 1.82) is 0 Å². The quantitative estimate of drug-likeness (QED) is 0.881. The molecule has 2 aromatic carbocycles. The van der Waals surface area contributed by atoms with E-state index in [-0.39, 0.29) is 11.9 Å². The van der Waals surface area contributed by atoms with Gasteiger partial charge in [0.25, 0.3) is 5.91 Å². The summed E-state index contributed by atoms with van der Waals surface area (Å²) < 4.78 is 10.8. The first kappa shape index (κ1) is 16.4. The fourth-order valence-corrected chi connectivity index (χ4v) is 2.94. The maximum Gasteiger partial charge on any atom is 0.251 e. The summed E-state index contributed by atoms with van der Waals surface area (Å²) in [7, 11) is 1.62. The Labute approximate surface area is 142 Å². The minimum absolute atomic E-state index is 0.0539. The van der Waals surface area contributed by atoms with E-state index in [2.05, 4.69) is 17.4 Å². The van der Waals surface area contributed by atoms with Crippen LogP contribution in [0, 0.1) is 6.92 Å². The number of nitrogens with one attached hydrogen (secondary N) is 1. The molecule has 3 rings (SSSR count). The normalized spacial score (nSPS) is 18.8. The van der Waals surface area contributed by atoms with Crippen LogP contribution in [0.4, 0.5) is 0 Å². The third-order valence-corrected chi connectivity index (χ3v) is 4.37. The van der Waals surface area contributed by atoms with Crippen LogP contribution in [0.3, 0.4) is 0 Å². The zero-order valence-electron chi connectivity index (χ0n) is 14.3. The lowest BCUT2D eigenvalue weighted by molar-refractivity contribution is 0.0950. The maximum atomic E-state index is 12.4. The topological polar surface area (TPSA) is 47.6 Å². The summed E-state index contributed by atoms with van der Waals surface area (Å²) in [6.07, 6.45) is 0.963. The number of aryl methyl sites for hydroxylation is 1. The molecule has 0 heterocycles. The third kappa shape index (κ3) is 3.53. The highest BCUT2D eigenvalue weighted by Gasteiger charge is 2.39. The summed E-state index contributed by atoms with van der Waals surface area (Å²) in [5, 5.41) is 3.11. The second-order valence-electron chi connectivity index (χ2n) is 6.11. The number of carbonyl (C=O) groups is 1. The molecule has 1 saturated carbocycles. The molecule has 1 unspecified atom stereocenters. The molecule has 2 aromatic rings. The second-order valence-corrected chi connectivity index (χ2v) is 6.11. The van der Waals surface area contributed by atoms with Crippen LogP contribution in [0.2, 0.25) is 0 Å². The van der Waals surface area contributed by atoms with Gasteiger partial charge < -0.3 is 14.8 Å². The molecule has 1 aliphatic carbocycles. The summed E-state index contributed by atoms with van der Waals surface area (Å²) in [5.74, 6) is 1.93. The van der Waals surface area contributed by atoms with E-state index in [1.54, 1.807) is 13.2 Å². The van der Waals surface area contributed by atoms with E-state index in [9.17, 15) is 4.79 Å². The van der Waals surface area contributed by atoms with Gasteiger partial charge in [0.1, 0.15) is 11.5 Å². The van der Waals surface area contributed by atoms with Crippen LogP contribution in [0.5, 0.6) is 11.5 Å². The van der Waals surface area contributed by atoms with Gasteiger partial charge in [-0.15, -0.1) is 0 Å². The minimum atomic E-state index is -0.0539. The number of carbonyl (C=O) groups excluding carboxylic acids is 1. The lowest BCUT2D eigenvalue weighted by Crippen LogP contribution is -2.26. The number of rotatable bonds is 6. The van der Waals surface area contributed by atoms with Crippen LogP contribution in [-0.4, -0.2) is 25.7 Å². The lowest BCUT2D eigenvalue weighted by atomic mass is 10.1. The Kier molecular flexibility index (Phi) is 4.74. The average molecular weight is 325 g/mol. The highest BCUT2D eigenvalue weighted by atomic mass is 16.5. The summed E-state index contributed by atoms with van der Waals surface area (Å²) in [4.78, 5) is 12.4. The molecule has 0 aliphatic heterocycles. The first-order valence-corrected chi connectivity index (χ1v) is 8.30. The van der Waals surface area contributed by atoms with Gasteiger partial charge in [0.15, 0.2) is 0 Å². The van der Waals surface area contributed by atoms with Crippen molar-refractivity contribution in [3.05, 3.63) is 59.2 Å². The van der Waals surface area contributed by atoms with Gasteiger partial charge in [-0.3, -0.25) is 4.79 Å². The van der Waals surface area contributed by atoms with Crippen LogP contribution in [0.1, 0.15) is 40.7 Å². The number of benzene rings is 2. The van der Waals surface area contributed by atoms with Crippen LogP contribution in [0.15, 0.2) is 42.5 Å². The van der Waals surface area contributed by atoms with E-state index < -0.39 is 0 Å². The third-order valence-electron chi connectivity index (χ3n) is 4.37. The Hall–Kier alpha value is -2.49. The summed E-state index contributed by atoms with van der Waals surface area (Å²) >= 11 is 0. The van der Waals surface area contributed by atoms with Crippen LogP contribution >= 0.6 is 0 Å². The first-order chi connectivity index (χ1) is 11.6. The molecule has 0 spiro atoms. The molecule has 4 heteroatoms. The Morgan fingerprint density at radius 1 is 1.25 bits per heavy atom. The number of ether oxygens (including phenoxy) is 2. The van der Waals surface area contributed by atoms with Gasteiger partial charge in [0.05, 0.1) is 13.7 Å². The standard InChI is InChI=1S/C20H23NO3/c1-4-24-16-7-5-6-14(10-16)17-12-18(17)21-20(22)15-9-8-13(2)19(11-15)23-3/h5-11,17-18H,4,12H2,1-3H3,(H,21,22)/t17?,18-/m1/s1. The van der Waals surface area contributed by atoms with Crippen molar-refractivity contribution in [1.82, 2.24) is 5.32 Å². The molecule has 1 fully saturated rings. The van der Waals surface area contributed by atoms with E-state index >= 15 is 0 Å². The molecule has 1 N–H and O–H groups in total. The zero-order chi connectivity index (χ0) is 17.1. The van der Waals surface area contributed by atoms with E-state index in [1.165, 1.54) is 5.56 Å². The number of methoxy groups -OCH3 is 1. The molecular formula is C20H23NO3. The van der Waals surface area contributed by atoms with Crippen molar-refractivity contribution in [3.63, 3.8) is 0 Å². The Bertz CT molecular complexity index is 741. The highest BCUT2D eigenvalue weighted by Crippen LogP contribution is 2.42. The van der Waals surface area contributed by atoms with Crippen molar-refractivity contribution in [2.45, 2.75) is 32.2 Å². The molecule has 0 saturated heterocycles.